The lowest BCUT2D eigenvalue weighted by Crippen LogP contribution is -2.50. The van der Waals surface area contributed by atoms with Gasteiger partial charge in [0.15, 0.2) is 0 Å². The smallest absolute Gasteiger partial charge is 0.227 e. The fraction of sp³-hybridized carbons (Fsp3) is 0.529. The van der Waals surface area contributed by atoms with Gasteiger partial charge in [-0.25, -0.2) is 0 Å². The molecule has 0 aliphatic carbocycles. The van der Waals surface area contributed by atoms with E-state index in [0.717, 1.165) is 44.3 Å². The molecule has 1 saturated heterocycles. The molecule has 2 rings (SSSR count). The van der Waals surface area contributed by atoms with Gasteiger partial charge in [-0.2, -0.15) is 5.26 Å². The molecule has 112 valence electrons. The third-order valence-electron chi connectivity index (χ3n) is 4.22. The van der Waals surface area contributed by atoms with Crippen LogP contribution in [0.4, 0.5) is 0 Å². The summed E-state index contributed by atoms with van der Waals surface area (Å²) in [5.74, 6) is 0.154. The van der Waals surface area contributed by atoms with Gasteiger partial charge in [0, 0.05) is 13.1 Å². The fourth-order valence-electron chi connectivity index (χ4n) is 3.03. The van der Waals surface area contributed by atoms with Crippen LogP contribution in [0.15, 0.2) is 24.3 Å². The van der Waals surface area contributed by atoms with Crippen molar-refractivity contribution >= 4 is 5.91 Å². The molecule has 1 atom stereocenters. The van der Waals surface area contributed by atoms with Gasteiger partial charge in [-0.3, -0.25) is 4.79 Å². The van der Waals surface area contributed by atoms with E-state index in [9.17, 15) is 4.79 Å². The van der Waals surface area contributed by atoms with Crippen LogP contribution in [0, 0.1) is 16.7 Å². The van der Waals surface area contributed by atoms with Crippen molar-refractivity contribution < 1.29 is 4.79 Å². The Kier molecular flexibility index (Phi) is 5.35. The minimum absolute atomic E-state index is 0.154. The number of amides is 1. The molecule has 21 heavy (non-hydrogen) atoms. The summed E-state index contributed by atoms with van der Waals surface area (Å²) in [6, 6.07) is 9.45. The highest BCUT2D eigenvalue weighted by Crippen LogP contribution is 2.31. The lowest BCUT2D eigenvalue weighted by atomic mass is 9.76. The lowest BCUT2D eigenvalue weighted by molar-refractivity contribution is -0.132. The van der Waals surface area contributed by atoms with E-state index >= 15 is 0 Å². The molecular weight excluding hydrogens is 262 g/mol. The van der Waals surface area contributed by atoms with Gasteiger partial charge in [0.05, 0.1) is 17.0 Å². The first-order chi connectivity index (χ1) is 10.2. The van der Waals surface area contributed by atoms with E-state index < -0.39 is 0 Å². The van der Waals surface area contributed by atoms with E-state index in [1.165, 1.54) is 0 Å². The largest absolute Gasteiger partial charge is 0.352 e. The van der Waals surface area contributed by atoms with Crippen LogP contribution >= 0.6 is 0 Å². The Bertz CT molecular complexity index is 504. The number of nitrogens with zero attached hydrogens (tertiary/aromatic N) is 1. The predicted molar refractivity (Wildman–Crippen MR) is 82.4 cm³/mol. The maximum absolute atomic E-state index is 12.6. The van der Waals surface area contributed by atoms with Gasteiger partial charge in [0.25, 0.3) is 0 Å². The molecule has 1 aliphatic heterocycles. The number of piperidine rings is 1. The van der Waals surface area contributed by atoms with Crippen LogP contribution in [0.2, 0.25) is 0 Å². The highest BCUT2D eigenvalue weighted by Gasteiger charge is 2.38. The molecule has 4 heteroatoms. The second kappa shape index (κ2) is 7.24. The molecule has 0 spiro atoms. The molecular formula is C17H23N3O. The van der Waals surface area contributed by atoms with Crippen molar-refractivity contribution in [2.75, 3.05) is 13.1 Å². The van der Waals surface area contributed by atoms with Crippen molar-refractivity contribution in [2.45, 2.75) is 39.2 Å². The molecule has 1 aromatic carbocycles. The number of carbonyl (C=O) groups is 1. The summed E-state index contributed by atoms with van der Waals surface area (Å²) in [5, 5.41) is 15.2. The second-order valence-corrected chi connectivity index (χ2v) is 5.80. The standard InChI is InChI=1S/C17H23N3O/c1-2-8-17(9-3-10-19-13-17)16(21)20-12-15-6-4-14(11-18)5-7-15/h4-7,19H,2-3,8-10,12-13H2,1H3,(H,20,21). The first-order valence-corrected chi connectivity index (χ1v) is 7.68. The Morgan fingerprint density at radius 3 is 2.76 bits per heavy atom. The molecule has 1 fully saturated rings. The molecule has 1 aromatic rings. The van der Waals surface area contributed by atoms with Crippen molar-refractivity contribution in [1.82, 2.24) is 10.6 Å². The van der Waals surface area contributed by atoms with E-state index in [-0.39, 0.29) is 11.3 Å². The predicted octanol–water partition coefficient (Wildman–Crippen LogP) is 2.34. The van der Waals surface area contributed by atoms with Crippen molar-refractivity contribution in [2.24, 2.45) is 5.41 Å². The van der Waals surface area contributed by atoms with Gasteiger partial charge < -0.3 is 10.6 Å². The van der Waals surface area contributed by atoms with Gasteiger partial charge in [0.2, 0.25) is 5.91 Å². The monoisotopic (exact) mass is 285 g/mol. The van der Waals surface area contributed by atoms with Crippen molar-refractivity contribution in [1.29, 1.82) is 5.26 Å². The Morgan fingerprint density at radius 2 is 2.19 bits per heavy atom. The minimum Gasteiger partial charge on any atom is -0.352 e. The second-order valence-electron chi connectivity index (χ2n) is 5.80. The maximum Gasteiger partial charge on any atom is 0.227 e. The number of nitrogens with one attached hydrogen (secondary N) is 2. The average Bonchev–Trinajstić information content (AvgIpc) is 2.54. The zero-order valence-electron chi connectivity index (χ0n) is 12.6. The molecule has 1 amide bonds. The Balaban J connectivity index is 1.96. The summed E-state index contributed by atoms with van der Waals surface area (Å²) in [4.78, 5) is 12.6. The van der Waals surface area contributed by atoms with Gasteiger partial charge in [-0.1, -0.05) is 25.5 Å². The highest BCUT2D eigenvalue weighted by molar-refractivity contribution is 5.83. The van der Waals surface area contributed by atoms with Crippen LogP contribution in [0.3, 0.4) is 0 Å². The van der Waals surface area contributed by atoms with E-state index in [4.69, 9.17) is 5.26 Å². The van der Waals surface area contributed by atoms with Gasteiger partial charge in [-0.05, 0) is 43.5 Å². The topological polar surface area (TPSA) is 64.9 Å². The Morgan fingerprint density at radius 1 is 1.43 bits per heavy atom. The minimum atomic E-state index is -0.250. The zero-order valence-corrected chi connectivity index (χ0v) is 12.6. The van der Waals surface area contributed by atoms with Crippen LogP contribution in [-0.2, 0) is 11.3 Å². The third-order valence-corrected chi connectivity index (χ3v) is 4.22. The number of rotatable bonds is 5. The van der Waals surface area contributed by atoms with E-state index in [1.54, 1.807) is 12.1 Å². The van der Waals surface area contributed by atoms with E-state index in [1.807, 2.05) is 12.1 Å². The lowest BCUT2D eigenvalue weighted by Gasteiger charge is -2.36. The SMILES string of the molecule is CCCC1(C(=O)NCc2ccc(C#N)cc2)CCCNC1. The van der Waals surface area contributed by atoms with Gasteiger partial charge in [0.1, 0.15) is 0 Å². The maximum atomic E-state index is 12.6. The Labute approximate surface area is 126 Å². The first-order valence-electron chi connectivity index (χ1n) is 7.68. The number of nitriles is 1. The van der Waals surface area contributed by atoms with Crippen LogP contribution in [0.5, 0.6) is 0 Å². The molecule has 1 unspecified atom stereocenters. The molecule has 0 aromatic heterocycles. The molecule has 1 aliphatic rings. The van der Waals surface area contributed by atoms with Crippen LogP contribution in [0.1, 0.15) is 43.7 Å². The van der Waals surface area contributed by atoms with Gasteiger partial charge >= 0.3 is 0 Å². The third kappa shape index (κ3) is 3.83. The number of hydrogen-bond acceptors (Lipinski definition) is 3. The molecule has 0 radical (unpaired) electrons. The summed E-state index contributed by atoms with van der Waals surface area (Å²) in [7, 11) is 0. The summed E-state index contributed by atoms with van der Waals surface area (Å²) >= 11 is 0. The van der Waals surface area contributed by atoms with Crippen LogP contribution < -0.4 is 10.6 Å². The highest BCUT2D eigenvalue weighted by atomic mass is 16.2. The van der Waals surface area contributed by atoms with Crippen LogP contribution in [-0.4, -0.2) is 19.0 Å². The molecule has 0 saturated carbocycles. The summed E-state index contributed by atoms with van der Waals surface area (Å²) in [6.07, 6.45) is 3.97. The first kappa shape index (κ1) is 15.5. The molecule has 1 heterocycles. The average molecular weight is 285 g/mol. The van der Waals surface area contributed by atoms with Crippen molar-refractivity contribution in [3.8, 4) is 6.07 Å². The van der Waals surface area contributed by atoms with Gasteiger partial charge in [-0.15, -0.1) is 0 Å². The molecule has 2 N–H and O–H groups in total. The quantitative estimate of drug-likeness (QED) is 0.872. The normalized spacial score (nSPS) is 21.5. The summed E-state index contributed by atoms with van der Waals surface area (Å²) in [5.41, 5.74) is 1.42. The number of hydrogen-bond donors (Lipinski definition) is 2. The molecule has 0 bridgehead atoms. The Hall–Kier alpha value is -1.86. The number of benzene rings is 1. The van der Waals surface area contributed by atoms with E-state index in [2.05, 4.69) is 23.6 Å². The fourth-order valence-corrected chi connectivity index (χ4v) is 3.03. The summed E-state index contributed by atoms with van der Waals surface area (Å²) < 4.78 is 0. The summed E-state index contributed by atoms with van der Waals surface area (Å²) in [6.45, 7) is 4.44. The zero-order chi connectivity index (χ0) is 15.1. The van der Waals surface area contributed by atoms with Crippen molar-refractivity contribution in [3.05, 3.63) is 35.4 Å². The van der Waals surface area contributed by atoms with Crippen molar-refractivity contribution in [3.63, 3.8) is 0 Å². The van der Waals surface area contributed by atoms with Crippen LogP contribution in [0.25, 0.3) is 0 Å². The van der Waals surface area contributed by atoms with E-state index in [0.29, 0.717) is 12.1 Å². The molecule has 4 nitrogen and oxygen atoms in total. The number of carbonyl (C=O) groups excluding carboxylic acids is 1.